The van der Waals surface area contributed by atoms with E-state index in [1.165, 1.54) is 18.2 Å². The van der Waals surface area contributed by atoms with Gasteiger partial charge in [-0.1, -0.05) is 41.9 Å². The molecule has 0 saturated carbocycles. The van der Waals surface area contributed by atoms with E-state index < -0.39 is 29.9 Å². The summed E-state index contributed by atoms with van der Waals surface area (Å²) in [6, 6.07) is 13.0. The highest BCUT2D eigenvalue weighted by atomic mass is 35.5. The van der Waals surface area contributed by atoms with E-state index in [1.54, 1.807) is 18.2 Å². The van der Waals surface area contributed by atoms with Crippen LogP contribution in [0.25, 0.3) is 11.0 Å². The Balaban J connectivity index is 1.81. The maximum atomic E-state index is 13.1. The lowest BCUT2D eigenvalue weighted by atomic mass is 10.1. The first kappa shape index (κ1) is 19.9. The summed E-state index contributed by atoms with van der Waals surface area (Å²) in [5.41, 5.74) is -1.93. The fraction of sp³-hybridized carbons (Fsp3) is 0.211. The predicted molar refractivity (Wildman–Crippen MR) is 99.2 cm³/mol. The molecule has 1 aromatic heterocycles. The van der Waals surface area contributed by atoms with Crippen LogP contribution in [0.1, 0.15) is 11.3 Å². The van der Waals surface area contributed by atoms with Crippen LogP contribution in [-0.2, 0) is 23.9 Å². The molecule has 1 N–H and O–H groups in total. The molecule has 0 atom stereocenters. The number of nitrogens with one attached hydrogen (secondary N) is 1. The van der Waals surface area contributed by atoms with Crippen molar-refractivity contribution in [2.45, 2.75) is 19.1 Å². The molecule has 3 rings (SSSR count). The van der Waals surface area contributed by atoms with Crippen LogP contribution >= 0.6 is 11.6 Å². The highest BCUT2D eigenvalue weighted by Crippen LogP contribution is 2.26. The number of benzene rings is 2. The Labute approximate surface area is 162 Å². The summed E-state index contributed by atoms with van der Waals surface area (Å²) in [4.78, 5) is 27.9. The predicted octanol–water partition coefficient (Wildman–Crippen LogP) is 3.43. The molecular formula is C19H15ClF3N3O2. The number of fused-ring (bicyclic) bond motifs is 1. The van der Waals surface area contributed by atoms with Crippen LogP contribution in [0.5, 0.6) is 0 Å². The van der Waals surface area contributed by atoms with Crippen LogP contribution in [0, 0.1) is 0 Å². The Bertz CT molecular complexity index is 1080. The Hall–Kier alpha value is -2.87. The summed E-state index contributed by atoms with van der Waals surface area (Å²) in [5.74, 6) is -0.585. The highest BCUT2D eigenvalue weighted by Gasteiger charge is 2.37. The number of nitrogens with zero attached hydrogens (tertiary/aromatic N) is 2. The SMILES string of the molecule is O=C(Cn1c(=O)c(C(F)(F)F)nc2ccccc21)NCCc1ccccc1Cl. The average molecular weight is 410 g/mol. The molecule has 0 spiro atoms. The molecule has 28 heavy (non-hydrogen) atoms. The van der Waals surface area contributed by atoms with Gasteiger partial charge in [-0.3, -0.25) is 14.2 Å². The zero-order valence-electron chi connectivity index (χ0n) is 14.5. The molecule has 0 fully saturated rings. The lowest BCUT2D eigenvalue weighted by Crippen LogP contribution is -2.36. The molecular weight excluding hydrogens is 395 g/mol. The number of rotatable bonds is 5. The Morgan fingerprint density at radius 2 is 1.79 bits per heavy atom. The van der Waals surface area contributed by atoms with Crippen LogP contribution in [0.3, 0.4) is 0 Å². The van der Waals surface area contributed by atoms with Crippen molar-refractivity contribution < 1.29 is 18.0 Å². The molecule has 9 heteroatoms. The van der Waals surface area contributed by atoms with Crippen molar-refractivity contribution >= 4 is 28.5 Å². The number of hydrogen-bond donors (Lipinski definition) is 1. The third-order valence-electron chi connectivity index (χ3n) is 4.10. The quantitative estimate of drug-likeness (QED) is 0.702. The minimum atomic E-state index is -4.91. The highest BCUT2D eigenvalue weighted by molar-refractivity contribution is 6.31. The minimum Gasteiger partial charge on any atom is -0.354 e. The fourth-order valence-corrected chi connectivity index (χ4v) is 3.00. The van der Waals surface area contributed by atoms with Crippen molar-refractivity contribution in [3.8, 4) is 0 Å². The summed E-state index contributed by atoms with van der Waals surface area (Å²) < 4.78 is 40.2. The molecule has 0 bridgehead atoms. The molecule has 1 heterocycles. The Kier molecular flexibility index (Phi) is 5.69. The lowest BCUT2D eigenvalue weighted by molar-refractivity contribution is -0.142. The van der Waals surface area contributed by atoms with Crippen molar-refractivity contribution in [1.29, 1.82) is 0 Å². The molecule has 0 aliphatic carbocycles. The number of alkyl halides is 3. The largest absolute Gasteiger partial charge is 0.438 e. The van der Waals surface area contributed by atoms with Gasteiger partial charge in [0.15, 0.2) is 0 Å². The smallest absolute Gasteiger partial charge is 0.354 e. The van der Waals surface area contributed by atoms with Gasteiger partial charge in [-0.15, -0.1) is 0 Å². The van der Waals surface area contributed by atoms with Gasteiger partial charge in [-0.2, -0.15) is 13.2 Å². The normalized spacial score (nSPS) is 11.6. The van der Waals surface area contributed by atoms with Gasteiger partial charge in [-0.25, -0.2) is 4.98 Å². The van der Waals surface area contributed by atoms with E-state index in [9.17, 15) is 22.8 Å². The first-order valence-electron chi connectivity index (χ1n) is 8.34. The van der Waals surface area contributed by atoms with E-state index in [4.69, 9.17) is 11.6 Å². The van der Waals surface area contributed by atoms with Crippen molar-refractivity contribution in [2.75, 3.05) is 6.54 Å². The monoisotopic (exact) mass is 409 g/mol. The van der Waals surface area contributed by atoms with Crippen LogP contribution in [0.2, 0.25) is 5.02 Å². The van der Waals surface area contributed by atoms with E-state index in [0.29, 0.717) is 11.4 Å². The molecule has 1 amide bonds. The average Bonchev–Trinajstić information content (AvgIpc) is 2.64. The number of halogens is 4. The van der Waals surface area contributed by atoms with Crippen LogP contribution in [0.4, 0.5) is 13.2 Å². The van der Waals surface area contributed by atoms with Gasteiger partial charge in [0.1, 0.15) is 6.54 Å². The lowest BCUT2D eigenvalue weighted by Gasteiger charge is -2.13. The summed E-state index contributed by atoms with van der Waals surface area (Å²) in [7, 11) is 0. The second kappa shape index (κ2) is 8.02. The van der Waals surface area contributed by atoms with Gasteiger partial charge >= 0.3 is 6.18 Å². The van der Waals surface area contributed by atoms with Crippen molar-refractivity contribution in [2.24, 2.45) is 0 Å². The molecule has 0 saturated heterocycles. The fourth-order valence-electron chi connectivity index (χ4n) is 2.77. The molecule has 5 nitrogen and oxygen atoms in total. The van der Waals surface area contributed by atoms with E-state index in [1.807, 2.05) is 12.1 Å². The maximum absolute atomic E-state index is 13.1. The first-order valence-corrected chi connectivity index (χ1v) is 8.72. The van der Waals surface area contributed by atoms with Crippen LogP contribution in [0.15, 0.2) is 53.3 Å². The number of carbonyl (C=O) groups is 1. The van der Waals surface area contributed by atoms with Gasteiger partial charge < -0.3 is 5.32 Å². The van der Waals surface area contributed by atoms with E-state index in [-0.39, 0.29) is 17.6 Å². The maximum Gasteiger partial charge on any atom is 0.438 e. The summed E-state index contributed by atoms with van der Waals surface area (Å²) in [5, 5.41) is 3.16. The number of hydrogen-bond acceptors (Lipinski definition) is 3. The van der Waals surface area contributed by atoms with Crippen LogP contribution < -0.4 is 10.9 Å². The third kappa shape index (κ3) is 4.33. The first-order chi connectivity index (χ1) is 13.3. The molecule has 0 radical (unpaired) electrons. The molecule has 0 unspecified atom stereocenters. The Morgan fingerprint density at radius 1 is 1.11 bits per heavy atom. The van der Waals surface area contributed by atoms with Crippen molar-refractivity contribution in [3.05, 3.63) is 75.2 Å². The second-order valence-corrected chi connectivity index (χ2v) is 6.44. The second-order valence-electron chi connectivity index (χ2n) is 6.03. The minimum absolute atomic E-state index is 0.0155. The van der Waals surface area contributed by atoms with E-state index in [2.05, 4.69) is 10.3 Å². The number of carbonyl (C=O) groups excluding carboxylic acids is 1. The molecule has 2 aromatic carbocycles. The van der Waals surface area contributed by atoms with Crippen molar-refractivity contribution in [1.82, 2.24) is 14.9 Å². The van der Waals surface area contributed by atoms with Gasteiger partial charge in [0.2, 0.25) is 11.6 Å². The Morgan fingerprint density at radius 3 is 2.50 bits per heavy atom. The standard InChI is InChI=1S/C19H15ClF3N3O2/c20-13-6-2-1-5-12(13)9-10-24-16(27)11-26-15-8-4-3-7-14(15)25-17(18(26)28)19(21,22)23/h1-8H,9-11H2,(H,24,27). The molecule has 146 valence electrons. The van der Waals surface area contributed by atoms with E-state index in [0.717, 1.165) is 10.1 Å². The molecule has 0 aliphatic rings. The zero-order valence-corrected chi connectivity index (χ0v) is 15.2. The van der Waals surface area contributed by atoms with Crippen molar-refractivity contribution in [3.63, 3.8) is 0 Å². The number of amides is 1. The summed E-state index contributed by atoms with van der Waals surface area (Å²) >= 11 is 6.04. The van der Waals surface area contributed by atoms with E-state index >= 15 is 0 Å². The molecule has 0 aliphatic heterocycles. The summed E-state index contributed by atoms with van der Waals surface area (Å²) in [6.45, 7) is -0.320. The van der Waals surface area contributed by atoms with Gasteiger partial charge in [0, 0.05) is 11.6 Å². The van der Waals surface area contributed by atoms with Gasteiger partial charge in [0.25, 0.3) is 5.56 Å². The number of para-hydroxylation sites is 2. The zero-order chi connectivity index (χ0) is 20.3. The van der Waals surface area contributed by atoms with Gasteiger partial charge in [0.05, 0.1) is 11.0 Å². The number of aromatic nitrogens is 2. The van der Waals surface area contributed by atoms with Gasteiger partial charge in [-0.05, 0) is 30.2 Å². The van der Waals surface area contributed by atoms with Crippen LogP contribution in [-0.4, -0.2) is 22.0 Å². The molecule has 3 aromatic rings. The topological polar surface area (TPSA) is 64.0 Å². The third-order valence-corrected chi connectivity index (χ3v) is 4.47. The summed E-state index contributed by atoms with van der Waals surface area (Å²) in [6.07, 6.45) is -4.46.